The number of nitriles is 1. The molecule has 0 amide bonds. The number of furan rings is 1. The summed E-state index contributed by atoms with van der Waals surface area (Å²) in [5.74, 6) is 0.196. The molecule has 0 saturated heterocycles. The van der Waals surface area contributed by atoms with Crippen molar-refractivity contribution in [2.24, 2.45) is 5.92 Å². The van der Waals surface area contributed by atoms with E-state index < -0.39 is 0 Å². The van der Waals surface area contributed by atoms with Crippen molar-refractivity contribution in [2.45, 2.75) is 31.8 Å². The average molecular weight is 190 g/mol. The van der Waals surface area contributed by atoms with E-state index in [-0.39, 0.29) is 5.92 Å². The smallest absolute Gasteiger partial charge is 0.0947 e. The van der Waals surface area contributed by atoms with E-state index in [9.17, 15) is 0 Å². The van der Waals surface area contributed by atoms with Gasteiger partial charge in [0.2, 0.25) is 0 Å². The molecule has 1 fully saturated rings. The fourth-order valence-electron chi connectivity index (χ4n) is 2.00. The molecule has 0 aromatic carbocycles. The van der Waals surface area contributed by atoms with Crippen molar-refractivity contribution in [1.82, 2.24) is 5.32 Å². The highest BCUT2D eigenvalue weighted by molar-refractivity contribution is 5.06. The van der Waals surface area contributed by atoms with Gasteiger partial charge in [0.15, 0.2) is 0 Å². The van der Waals surface area contributed by atoms with Gasteiger partial charge >= 0.3 is 0 Å². The van der Waals surface area contributed by atoms with Gasteiger partial charge in [0, 0.05) is 18.2 Å². The highest BCUT2D eigenvalue weighted by Crippen LogP contribution is 2.25. The van der Waals surface area contributed by atoms with Crippen LogP contribution in [0.4, 0.5) is 0 Å². The first-order valence-electron chi connectivity index (χ1n) is 5.04. The van der Waals surface area contributed by atoms with Gasteiger partial charge in [0.1, 0.15) is 0 Å². The predicted octanol–water partition coefficient (Wildman–Crippen LogP) is 2.06. The van der Waals surface area contributed by atoms with Crippen molar-refractivity contribution in [3.63, 3.8) is 0 Å². The molecule has 1 N–H and O–H groups in total. The van der Waals surface area contributed by atoms with Gasteiger partial charge in [-0.15, -0.1) is 0 Å². The van der Waals surface area contributed by atoms with Gasteiger partial charge < -0.3 is 9.73 Å². The molecular formula is C11H14N2O. The molecule has 1 saturated carbocycles. The van der Waals surface area contributed by atoms with Crippen LogP contribution >= 0.6 is 0 Å². The lowest BCUT2D eigenvalue weighted by Gasteiger charge is -2.14. The van der Waals surface area contributed by atoms with Crippen LogP contribution in [0.1, 0.15) is 24.8 Å². The Morgan fingerprint density at radius 3 is 3.21 bits per heavy atom. The first kappa shape index (κ1) is 9.29. The summed E-state index contributed by atoms with van der Waals surface area (Å²) in [5, 5.41) is 12.3. The van der Waals surface area contributed by atoms with Crippen molar-refractivity contribution in [2.75, 3.05) is 0 Å². The standard InChI is InChI=1S/C11H14N2O/c12-6-10-2-1-3-11(10)13-7-9-4-5-14-8-9/h4-5,8,10-11,13H,1-3,7H2. The summed E-state index contributed by atoms with van der Waals surface area (Å²) in [6.45, 7) is 0.805. The van der Waals surface area contributed by atoms with Gasteiger partial charge in [-0.3, -0.25) is 0 Å². The van der Waals surface area contributed by atoms with Crippen LogP contribution in [-0.2, 0) is 6.54 Å². The molecule has 3 nitrogen and oxygen atoms in total. The van der Waals surface area contributed by atoms with Gasteiger partial charge in [-0.2, -0.15) is 5.26 Å². The van der Waals surface area contributed by atoms with Crippen molar-refractivity contribution >= 4 is 0 Å². The predicted molar refractivity (Wildman–Crippen MR) is 52.3 cm³/mol. The van der Waals surface area contributed by atoms with Crippen molar-refractivity contribution in [1.29, 1.82) is 5.26 Å². The minimum atomic E-state index is 0.196. The van der Waals surface area contributed by atoms with Crippen LogP contribution in [0.2, 0.25) is 0 Å². The third kappa shape index (κ3) is 1.97. The summed E-state index contributed by atoms with van der Waals surface area (Å²) in [6, 6.07) is 4.68. The largest absolute Gasteiger partial charge is 0.472 e. The molecule has 1 aromatic rings. The summed E-state index contributed by atoms with van der Waals surface area (Å²) in [6.07, 6.45) is 6.74. The molecule has 0 spiro atoms. The Kier molecular flexibility index (Phi) is 2.85. The van der Waals surface area contributed by atoms with Crippen molar-refractivity contribution < 1.29 is 4.42 Å². The van der Waals surface area contributed by atoms with E-state index in [1.54, 1.807) is 12.5 Å². The van der Waals surface area contributed by atoms with Gasteiger partial charge in [-0.25, -0.2) is 0 Å². The minimum absolute atomic E-state index is 0.196. The van der Waals surface area contributed by atoms with E-state index in [1.165, 1.54) is 6.42 Å². The molecule has 1 heterocycles. The minimum Gasteiger partial charge on any atom is -0.472 e. The molecule has 2 rings (SSSR count). The van der Waals surface area contributed by atoms with Crippen LogP contribution in [0, 0.1) is 17.2 Å². The second kappa shape index (κ2) is 4.30. The normalized spacial score (nSPS) is 26.2. The summed E-state index contributed by atoms with van der Waals surface area (Å²) < 4.78 is 4.98. The molecule has 0 radical (unpaired) electrons. The summed E-state index contributed by atoms with van der Waals surface area (Å²) in [4.78, 5) is 0. The highest BCUT2D eigenvalue weighted by atomic mass is 16.3. The molecule has 1 aliphatic carbocycles. The van der Waals surface area contributed by atoms with E-state index in [4.69, 9.17) is 9.68 Å². The van der Waals surface area contributed by atoms with Crippen molar-refractivity contribution in [3.8, 4) is 6.07 Å². The topological polar surface area (TPSA) is 49.0 Å². The third-order valence-electron chi connectivity index (χ3n) is 2.83. The lowest BCUT2D eigenvalue weighted by atomic mass is 10.1. The number of hydrogen-bond donors (Lipinski definition) is 1. The number of hydrogen-bond acceptors (Lipinski definition) is 3. The molecule has 2 unspecified atom stereocenters. The monoisotopic (exact) mass is 190 g/mol. The lowest BCUT2D eigenvalue weighted by molar-refractivity contribution is 0.462. The van der Waals surface area contributed by atoms with E-state index in [0.29, 0.717) is 6.04 Å². The van der Waals surface area contributed by atoms with Crippen LogP contribution in [0.15, 0.2) is 23.0 Å². The van der Waals surface area contributed by atoms with Gasteiger partial charge in [0.25, 0.3) is 0 Å². The van der Waals surface area contributed by atoms with E-state index in [0.717, 1.165) is 24.9 Å². The number of nitrogens with one attached hydrogen (secondary N) is 1. The zero-order chi connectivity index (χ0) is 9.80. The number of rotatable bonds is 3. The SMILES string of the molecule is N#CC1CCCC1NCc1ccoc1. The van der Waals surface area contributed by atoms with E-state index >= 15 is 0 Å². The number of nitrogens with zero attached hydrogens (tertiary/aromatic N) is 1. The lowest BCUT2D eigenvalue weighted by Crippen LogP contribution is -2.31. The molecule has 0 bridgehead atoms. The fourth-order valence-corrected chi connectivity index (χ4v) is 2.00. The molecule has 0 aliphatic heterocycles. The van der Waals surface area contributed by atoms with Crippen LogP contribution in [0.5, 0.6) is 0 Å². The zero-order valence-electron chi connectivity index (χ0n) is 8.07. The van der Waals surface area contributed by atoms with Crippen LogP contribution in [-0.4, -0.2) is 6.04 Å². The van der Waals surface area contributed by atoms with E-state index in [2.05, 4.69) is 11.4 Å². The van der Waals surface area contributed by atoms with Crippen molar-refractivity contribution in [3.05, 3.63) is 24.2 Å². The first-order chi connectivity index (χ1) is 6.90. The van der Waals surface area contributed by atoms with Gasteiger partial charge in [0.05, 0.1) is 24.5 Å². The Hall–Kier alpha value is -1.27. The van der Waals surface area contributed by atoms with Gasteiger partial charge in [-0.05, 0) is 18.9 Å². The van der Waals surface area contributed by atoms with E-state index in [1.807, 2.05) is 6.07 Å². The molecule has 74 valence electrons. The molecule has 3 heteroatoms. The Bertz CT molecular complexity index is 313. The Morgan fingerprint density at radius 2 is 2.50 bits per heavy atom. The third-order valence-corrected chi connectivity index (χ3v) is 2.83. The summed E-state index contributed by atoms with van der Waals surface area (Å²) in [7, 11) is 0. The highest BCUT2D eigenvalue weighted by Gasteiger charge is 2.26. The van der Waals surface area contributed by atoms with Crippen LogP contribution in [0.25, 0.3) is 0 Å². The molecule has 2 atom stereocenters. The average Bonchev–Trinajstić information content (AvgIpc) is 2.85. The van der Waals surface area contributed by atoms with Crippen LogP contribution in [0.3, 0.4) is 0 Å². The second-order valence-electron chi connectivity index (χ2n) is 3.79. The molecule has 1 aliphatic rings. The molecular weight excluding hydrogens is 176 g/mol. The van der Waals surface area contributed by atoms with Gasteiger partial charge in [-0.1, -0.05) is 6.42 Å². The fraction of sp³-hybridized carbons (Fsp3) is 0.545. The molecule has 14 heavy (non-hydrogen) atoms. The zero-order valence-corrected chi connectivity index (χ0v) is 8.07. The first-order valence-corrected chi connectivity index (χ1v) is 5.04. The quantitative estimate of drug-likeness (QED) is 0.793. The maximum absolute atomic E-state index is 8.89. The second-order valence-corrected chi connectivity index (χ2v) is 3.79. The Labute approximate surface area is 83.7 Å². The summed E-state index contributed by atoms with van der Waals surface area (Å²) >= 11 is 0. The van der Waals surface area contributed by atoms with Crippen LogP contribution < -0.4 is 5.32 Å². The Balaban J connectivity index is 1.83. The summed E-state index contributed by atoms with van der Waals surface area (Å²) in [5.41, 5.74) is 1.15. The Morgan fingerprint density at radius 1 is 1.57 bits per heavy atom. The molecule has 1 aromatic heterocycles. The maximum Gasteiger partial charge on any atom is 0.0947 e. The maximum atomic E-state index is 8.89.